The maximum atomic E-state index is 12.2. The molecule has 1 atom stereocenters. The number of carbonyl (C=O) groups excluding carboxylic acids is 1. The number of hydrogen-bond donors (Lipinski definition) is 2. The second kappa shape index (κ2) is 9.18. The standard InChI is InChI=1S/C23H24N4O2/c1-15(2)25-14-17-7-9-18(10-8-17)22-12-21(27-29-22)19-5-4-6-20(11-19)23(28)26-16(3)13-24/h4-12,15-16,25H,14H2,1-3H3,(H,26,28). The van der Waals surface area contributed by atoms with Crippen LogP contribution in [0, 0.1) is 11.3 Å². The Morgan fingerprint density at radius 2 is 1.86 bits per heavy atom. The van der Waals surface area contributed by atoms with Crippen molar-refractivity contribution in [3.05, 3.63) is 65.7 Å². The number of benzene rings is 2. The van der Waals surface area contributed by atoms with Crippen LogP contribution in [0.4, 0.5) is 0 Å². The van der Waals surface area contributed by atoms with Crippen LogP contribution in [-0.4, -0.2) is 23.1 Å². The lowest BCUT2D eigenvalue weighted by Crippen LogP contribution is -2.31. The van der Waals surface area contributed by atoms with Gasteiger partial charge in [-0.1, -0.05) is 55.4 Å². The molecule has 1 heterocycles. The van der Waals surface area contributed by atoms with E-state index < -0.39 is 6.04 Å². The molecule has 0 saturated heterocycles. The minimum atomic E-state index is -0.552. The van der Waals surface area contributed by atoms with Crippen LogP contribution in [0.15, 0.2) is 59.1 Å². The molecule has 0 aliphatic carbocycles. The highest BCUT2D eigenvalue weighted by Gasteiger charge is 2.13. The van der Waals surface area contributed by atoms with E-state index in [-0.39, 0.29) is 5.91 Å². The quantitative estimate of drug-likeness (QED) is 0.634. The number of aromatic nitrogens is 1. The molecule has 3 aromatic rings. The highest BCUT2D eigenvalue weighted by Crippen LogP contribution is 2.27. The van der Waals surface area contributed by atoms with Gasteiger partial charge in [0.1, 0.15) is 11.7 Å². The maximum absolute atomic E-state index is 12.2. The first-order valence-electron chi connectivity index (χ1n) is 9.56. The summed E-state index contributed by atoms with van der Waals surface area (Å²) in [7, 11) is 0. The summed E-state index contributed by atoms with van der Waals surface area (Å²) in [6.07, 6.45) is 0. The lowest BCUT2D eigenvalue weighted by atomic mass is 10.1. The van der Waals surface area contributed by atoms with Crippen LogP contribution in [-0.2, 0) is 6.54 Å². The summed E-state index contributed by atoms with van der Waals surface area (Å²) >= 11 is 0. The second-order valence-electron chi connectivity index (χ2n) is 7.21. The third kappa shape index (κ3) is 5.31. The van der Waals surface area contributed by atoms with Gasteiger partial charge in [0.05, 0.1) is 6.07 Å². The van der Waals surface area contributed by atoms with Crippen molar-refractivity contribution in [2.24, 2.45) is 0 Å². The summed E-state index contributed by atoms with van der Waals surface area (Å²) in [5.74, 6) is 0.367. The van der Waals surface area contributed by atoms with Crippen LogP contribution in [0.3, 0.4) is 0 Å². The Kier molecular flexibility index (Phi) is 6.43. The van der Waals surface area contributed by atoms with E-state index >= 15 is 0 Å². The molecule has 6 heteroatoms. The first-order chi connectivity index (χ1) is 14.0. The van der Waals surface area contributed by atoms with Gasteiger partial charge in [-0.25, -0.2) is 0 Å². The molecule has 0 radical (unpaired) electrons. The van der Waals surface area contributed by atoms with Crippen molar-refractivity contribution in [3.8, 4) is 28.7 Å². The molecular weight excluding hydrogens is 364 g/mol. The molecule has 6 nitrogen and oxygen atoms in total. The average molecular weight is 388 g/mol. The predicted octanol–water partition coefficient (Wildman–Crippen LogP) is 4.15. The van der Waals surface area contributed by atoms with Crippen molar-refractivity contribution in [3.63, 3.8) is 0 Å². The summed E-state index contributed by atoms with van der Waals surface area (Å²) < 4.78 is 5.52. The van der Waals surface area contributed by atoms with Gasteiger partial charge in [-0.3, -0.25) is 4.79 Å². The summed E-state index contributed by atoms with van der Waals surface area (Å²) in [5.41, 5.74) is 4.03. The van der Waals surface area contributed by atoms with Crippen LogP contribution < -0.4 is 10.6 Å². The van der Waals surface area contributed by atoms with Crippen LogP contribution >= 0.6 is 0 Å². The topological polar surface area (TPSA) is 91.0 Å². The number of carbonyl (C=O) groups is 1. The third-order valence-electron chi connectivity index (χ3n) is 4.42. The monoisotopic (exact) mass is 388 g/mol. The Bertz CT molecular complexity index is 1020. The molecule has 0 aliphatic heterocycles. The van der Waals surface area contributed by atoms with Crippen LogP contribution in [0.1, 0.15) is 36.7 Å². The largest absolute Gasteiger partial charge is 0.356 e. The Balaban J connectivity index is 1.75. The summed E-state index contributed by atoms with van der Waals surface area (Å²) in [6, 6.07) is 19.0. The fourth-order valence-electron chi connectivity index (χ4n) is 2.79. The molecule has 2 N–H and O–H groups in total. The zero-order valence-electron chi connectivity index (χ0n) is 16.8. The molecule has 1 amide bonds. The van der Waals surface area contributed by atoms with Gasteiger partial charge in [-0.05, 0) is 24.6 Å². The molecule has 0 spiro atoms. The molecule has 148 valence electrons. The molecule has 0 aliphatic rings. The van der Waals surface area contributed by atoms with Gasteiger partial charge in [0.15, 0.2) is 5.76 Å². The molecule has 0 fully saturated rings. The number of nitrogens with zero attached hydrogens (tertiary/aromatic N) is 2. The summed E-state index contributed by atoms with van der Waals surface area (Å²) in [4.78, 5) is 12.2. The molecule has 0 bridgehead atoms. The molecule has 0 saturated carbocycles. The molecule has 1 unspecified atom stereocenters. The van der Waals surface area contributed by atoms with Gasteiger partial charge >= 0.3 is 0 Å². The average Bonchev–Trinajstić information content (AvgIpc) is 3.23. The van der Waals surface area contributed by atoms with E-state index in [9.17, 15) is 4.79 Å². The van der Waals surface area contributed by atoms with Gasteiger partial charge in [0, 0.05) is 35.3 Å². The molecule has 2 aromatic carbocycles. The Hall–Kier alpha value is -3.43. The van der Waals surface area contributed by atoms with Crippen LogP contribution in [0.2, 0.25) is 0 Å². The van der Waals surface area contributed by atoms with Crippen molar-refractivity contribution in [2.75, 3.05) is 0 Å². The molecule has 3 rings (SSSR count). The number of nitriles is 1. The van der Waals surface area contributed by atoms with Crippen molar-refractivity contribution in [1.82, 2.24) is 15.8 Å². The molecule has 1 aromatic heterocycles. The SMILES string of the molecule is CC(C)NCc1ccc(-c2cc(-c3cccc(C(=O)NC(C)C#N)c3)no2)cc1. The summed E-state index contributed by atoms with van der Waals surface area (Å²) in [6.45, 7) is 6.69. The predicted molar refractivity (Wildman–Crippen MR) is 112 cm³/mol. The zero-order chi connectivity index (χ0) is 20.8. The minimum Gasteiger partial charge on any atom is -0.356 e. The zero-order valence-corrected chi connectivity index (χ0v) is 16.8. The second-order valence-corrected chi connectivity index (χ2v) is 7.21. The van der Waals surface area contributed by atoms with E-state index in [0.29, 0.717) is 23.1 Å². The van der Waals surface area contributed by atoms with E-state index in [1.165, 1.54) is 5.56 Å². The number of rotatable bonds is 7. The Morgan fingerprint density at radius 1 is 1.10 bits per heavy atom. The third-order valence-corrected chi connectivity index (χ3v) is 4.42. The van der Waals surface area contributed by atoms with Crippen molar-refractivity contribution in [1.29, 1.82) is 5.26 Å². The van der Waals surface area contributed by atoms with Gasteiger partial charge in [0.25, 0.3) is 5.91 Å². The fourth-order valence-corrected chi connectivity index (χ4v) is 2.79. The van der Waals surface area contributed by atoms with Crippen molar-refractivity contribution >= 4 is 5.91 Å². The van der Waals surface area contributed by atoms with Crippen molar-refractivity contribution in [2.45, 2.75) is 39.4 Å². The van der Waals surface area contributed by atoms with E-state index in [0.717, 1.165) is 17.7 Å². The van der Waals surface area contributed by atoms with E-state index in [1.807, 2.05) is 30.3 Å². The maximum Gasteiger partial charge on any atom is 0.252 e. The van der Waals surface area contributed by atoms with Crippen LogP contribution in [0.25, 0.3) is 22.6 Å². The highest BCUT2D eigenvalue weighted by atomic mass is 16.5. The summed E-state index contributed by atoms with van der Waals surface area (Å²) in [5, 5.41) is 19.0. The smallest absolute Gasteiger partial charge is 0.252 e. The number of hydrogen-bond acceptors (Lipinski definition) is 5. The van der Waals surface area contributed by atoms with Gasteiger partial charge in [-0.2, -0.15) is 5.26 Å². The molecular formula is C23H24N4O2. The van der Waals surface area contributed by atoms with Gasteiger partial charge in [0.2, 0.25) is 0 Å². The first-order valence-corrected chi connectivity index (χ1v) is 9.56. The van der Waals surface area contributed by atoms with Gasteiger partial charge < -0.3 is 15.2 Å². The lowest BCUT2D eigenvalue weighted by Gasteiger charge is -2.08. The Morgan fingerprint density at radius 3 is 2.55 bits per heavy atom. The molecule has 29 heavy (non-hydrogen) atoms. The van der Waals surface area contributed by atoms with Gasteiger partial charge in [-0.15, -0.1) is 0 Å². The van der Waals surface area contributed by atoms with Crippen LogP contribution in [0.5, 0.6) is 0 Å². The van der Waals surface area contributed by atoms with E-state index in [2.05, 4.69) is 41.8 Å². The fraction of sp³-hybridized carbons (Fsp3) is 0.261. The van der Waals surface area contributed by atoms with E-state index in [1.54, 1.807) is 25.1 Å². The minimum absolute atomic E-state index is 0.296. The first kappa shape index (κ1) is 20.3. The number of nitrogens with one attached hydrogen (secondary N) is 2. The highest BCUT2D eigenvalue weighted by molar-refractivity contribution is 5.95. The lowest BCUT2D eigenvalue weighted by molar-refractivity contribution is 0.0948. The van der Waals surface area contributed by atoms with E-state index in [4.69, 9.17) is 9.78 Å². The Labute approximate surface area is 170 Å². The number of amides is 1. The van der Waals surface area contributed by atoms with Crippen molar-refractivity contribution < 1.29 is 9.32 Å². The normalized spacial score (nSPS) is 11.8.